The lowest BCUT2D eigenvalue weighted by Gasteiger charge is -2.32. The predicted octanol–water partition coefficient (Wildman–Crippen LogP) is 16.6. The van der Waals surface area contributed by atoms with Crippen molar-refractivity contribution >= 4 is 44.9 Å². The second kappa shape index (κ2) is 15.6. The minimum atomic E-state index is 0.836. The highest BCUT2D eigenvalue weighted by Gasteiger charge is 2.28. The van der Waals surface area contributed by atoms with Crippen LogP contribution in [-0.2, 0) is 0 Å². The fraction of sp³-hybridized carbons (Fsp3) is 0. The van der Waals surface area contributed by atoms with Crippen molar-refractivity contribution in [2.45, 2.75) is 0 Å². The Balaban J connectivity index is 1.05. The van der Waals surface area contributed by atoms with E-state index in [0.717, 1.165) is 67.5 Å². The predicted molar refractivity (Wildman–Crippen MR) is 255 cm³/mol. The highest BCUT2D eigenvalue weighted by Crippen LogP contribution is 2.54. The molecule has 0 N–H and O–H groups in total. The monoisotopic (exact) mass is 780 g/mol. The number of para-hydroxylation sites is 2. The molecule has 0 atom stereocenters. The number of hydrogen-bond acceptors (Lipinski definition) is 3. The van der Waals surface area contributed by atoms with Crippen LogP contribution in [0.25, 0.3) is 55.3 Å². The van der Waals surface area contributed by atoms with Gasteiger partial charge in [-0.25, -0.2) is 0 Å². The van der Waals surface area contributed by atoms with E-state index < -0.39 is 0 Å². The number of nitrogens with zero attached hydrogens (tertiary/aromatic N) is 2. The molecule has 0 bridgehead atoms. The summed E-state index contributed by atoms with van der Waals surface area (Å²) in [5, 5.41) is 2.19. The summed E-state index contributed by atoms with van der Waals surface area (Å²) in [6.45, 7) is 0. The van der Waals surface area contributed by atoms with Crippen LogP contribution in [0.2, 0.25) is 0 Å². The van der Waals surface area contributed by atoms with Crippen LogP contribution < -0.4 is 14.5 Å². The van der Waals surface area contributed by atoms with Gasteiger partial charge in [0.1, 0.15) is 11.5 Å². The molecule has 3 heteroatoms. The van der Waals surface area contributed by atoms with Gasteiger partial charge in [0, 0.05) is 39.1 Å². The molecule has 0 spiro atoms. The van der Waals surface area contributed by atoms with Crippen molar-refractivity contribution in [3.8, 4) is 56.0 Å². The van der Waals surface area contributed by atoms with Gasteiger partial charge < -0.3 is 14.5 Å². The highest BCUT2D eigenvalue weighted by atomic mass is 16.5. The van der Waals surface area contributed by atoms with E-state index in [0.29, 0.717) is 0 Å². The second-order valence-corrected chi connectivity index (χ2v) is 15.3. The molecule has 1 heterocycles. The second-order valence-electron chi connectivity index (χ2n) is 15.3. The number of hydrogen-bond donors (Lipinski definition) is 0. The van der Waals surface area contributed by atoms with E-state index in [1.165, 1.54) is 33.4 Å². The minimum absolute atomic E-state index is 0.836. The van der Waals surface area contributed by atoms with E-state index in [1.54, 1.807) is 0 Å². The molecule has 1 aliphatic rings. The van der Waals surface area contributed by atoms with E-state index in [2.05, 4.69) is 252 Å². The molecule has 0 saturated heterocycles. The van der Waals surface area contributed by atoms with Crippen molar-refractivity contribution in [2.24, 2.45) is 0 Å². The summed E-state index contributed by atoms with van der Waals surface area (Å²) in [4.78, 5) is 4.70. The van der Waals surface area contributed by atoms with Crippen LogP contribution in [0.15, 0.2) is 243 Å². The minimum Gasteiger partial charge on any atom is -0.456 e. The van der Waals surface area contributed by atoms with Crippen LogP contribution in [0.5, 0.6) is 11.5 Å². The SMILES string of the molecule is c1ccc(-c2ccc(-c3ccc(N(c4ccc(-c5ccccc5)cc4)c4ccc5c6c(cccc46)-c4c(cccc4N(c4ccccc4)c4ccccc4)O5)cc3)cc2)cc1. The zero-order valence-corrected chi connectivity index (χ0v) is 33.4. The molecule has 3 nitrogen and oxygen atoms in total. The Kier molecular flexibility index (Phi) is 9.18. The average molecular weight is 781 g/mol. The topological polar surface area (TPSA) is 15.7 Å². The lowest BCUT2D eigenvalue weighted by molar-refractivity contribution is 0.487. The Bertz CT molecular complexity index is 3070. The summed E-state index contributed by atoms with van der Waals surface area (Å²) in [6.07, 6.45) is 0. The summed E-state index contributed by atoms with van der Waals surface area (Å²) in [6, 6.07) is 86.3. The molecule has 61 heavy (non-hydrogen) atoms. The van der Waals surface area contributed by atoms with Crippen molar-refractivity contribution in [3.05, 3.63) is 243 Å². The largest absolute Gasteiger partial charge is 0.456 e. The van der Waals surface area contributed by atoms with Crippen molar-refractivity contribution in [1.29, 1.82) is 0 Å². The molecule has 11 rings (SSSR count). The zero-order chi connectivity index (χ0) is 40.5. The zero-order valence-electron chi connectivity index (χ0n) is 33.4. The maximum atomic E-state index is 6.88. The molecule has 0 aromatic heterocycles. The number of ether oxygens (including phenoxy) is 1. The fourth-order valence-electron chi connectivity index (χ4n) is 8.76. The molecule has 288 valence electrons. The third-order valence-electron chi connectivity index (χ3n) is 11.7. The standard InChI is InChI=1S/C58H40N2O/c1-5-15-41(16-6-1)43-27-29-44(30-28-43)46-33-37-50(38-34-46)59(49-35-31-45(32-36-49)42-17-7-2-8-18-42)53-39-40-56-57-51(53)23-13-24-52(57)58-54(25-14-26-55(58)61-56)60(47-19-9-3-10-20-47)48-21-11-4-12-22-48/h1-40H. The molecule has 0 saturated carbocycles. The number of benzene rings is 10. The summed E-state index contributed by atoms with van der Waals surface area (Å²) in [7, 11) is 0. The van der Waals surface area contributed by atoms with Crippen molar-refractivity contribution in [2.75, 3.05) is 9.80 Å². The van der Waals surface area contributed by atoms with E-state index in [-0.39, 0.29) is 0 Å². The smallest absolute Gasteiger partial charge is 0.137 e. The van der Waals surface area contributed by atoms with Crippen LogP contribution in [0, 0.1) is 0 Å². The molecule has 0 fully saturated rings. The molecular weight excluding hydrogens is 741 g/mol. The first-order chi connectivity index (χ1) is 30.3. The lowest BCUT2D eigenvalue weighted by Crippen LogP contribution is -2.13. The van der Waals surface area contributed by atoms with Crippen LogP contribution in [0.1, 0.15) is 0 Å². The van der Waals surface area contributed by atoms with Gasteiger partial charge in [0.25, 0.3) is 0 Å². The number of rotatable bonds is 9. The fourth-order valence-corrected chi connectivity index (χ4v) is 8.76. The lowest BCUT2D eigenvalue weighted by atomic mass is 9.91. The molecular formula is C58H40N2O. The van der Waals surface area contributed by atoms with Crippen LogP contribution >= 0.6 is 0 Å². The first-order valence-electron chi connectivity index (χ1n) is 20.8. The maximum absolute atomic E-state index is 6.88. The van der Waals surface area contributed by atoms with E-state index >= 15 is 0 Å². The molecule has 0 radical (unpaired) electrons. The first kappa shape index (κ1) is 36.0. The maximum Gasteiger partial charge on any atom is 0.137 e. The molecule has 1 aliphatic heterocycles. The quantitative estimate of drug-likeness (QED) is 0.145. The van der Waals surface area contributed by atoms with E-state index in [9.17, 15) is 0 Å². The Hall–Kier alpha value is -8.14. The van der Waals surface area contributed by atoms with Gasteiger partial charge in [-0.3, -0.25) is 0 Å². The first-order valence-corrected chi connectivity index (χ1v) is 20.8. The summed E-state index contributed by atoms with van der Waals surface area (Å²) in [5.41, 5.74) is 15.7. The van der Waals surface area contributed by atoms with Gasteiger partial charge >= 0.3 is 0 Å². The van der Waals surface area contributed by atoms with Gasteiger partial charge in [-0.05, 0) is 112 Å². The van der Waals surface area contributed by atoms with Crippen LogP contribution in [0.4, 0.5) is 34.1 Å². The van der Waals surface area contributed by atoms with Gasteiger partial charge in [0.15, 0.2) is 0 Å². The average Bonchev–Trinajstić information content (AvgIpc) is 3.34. The number of fused-ring (bicyclic) bond motifs is 2. The Labute approximate surface area is 356 Å². The van der Waals surface area contributed by atoms with Crippen molar-refractivity contribution in [3.63, 3.8) is 0 Å². The van der Waals surface area contributed by atoms with Gasteiger partial charge in [0.05, 0.1) is 11.4 Å². The summed E-state index contributed by atoms with van der Waals surface area (Å²) < 4.78 is 6.88. The number of anilines is 6. The molecule has 10 aromatic carbocycles. The molecule has 10 aromatic rings. The van der Waals surface area contributed by atoms with Crippen molar-refractivity contribution in [1.82, 2.24) is 0 Å². The van der Waals surface area contributed by atoms with Gasteiger partial charge in [-0.1, -0.05) is 170 Å². The van der Waals surface area contributed by atoms with Gasteiger partial charge in [0.2, 0.25) is 0 Å². The third-order valence-corrected chi connectivity index (χ3v) is 11.7. The highest BCUT2D eigenvalue weighted by molar-refractivity contribution is 6.13. The molecule has 0 unspecified atom stereocenters. The molecule has 0 aliphatic carbocycles. The Morgan fingerprint density at radius 1 is 0.262 bits per heavy atom. The summed E-state index contributed by atoms with van der Waals surface area (Å²) >= 11 is 0. The Morgan fingerprint density at radius 2 is 0.672 bits per heavy atom. The molecule has 0 amide bonds. The third kappa shape index (κ3) is 6.69. The van der Waals surface area contributed by atoms with Crippen LogP contribution in [0.3, 0.4) is 0 Å². The van der Waals surface area contributed by atoms with Crippen molar-refractivity contribution < 1.29 is 4.74 Å². The normalized spacial score (nSPS) is 11.4. The summed E-state index contributed by atoms with van der Waals surface area (Å²) in [5.74, 6) is 1.68. The van der Waals surface area contributed by atoms with Gasteiger partial charge in [-0.2, -0.15) is 0 Å². The van der Waals surface area contributed by atoms with E-state index in [1.807, 2.05) is 0 Å². The Morgan fingerprint density at radius 3 is 1.18 bits per heavy atom. The van der Waals surface area contributed by atoms with Crippen LogP contribution in [-0.4, -0.2) is 0 Å². The van der Waals surface area contributed by atoms with E-state index in [4.69, 9.17) is 4.74 Å². The van der Waals surface area contributed by atoms with Gasteiger partial charge in [-0.15, -0.1) is 0 Å².